The number of nitrogens with zero attached hydrogens (tertiary/aromatic N) is 2. The molecule has 1 rings (SSSR count). The van der Waals surface area contributed by atoms with E-state index in [2.05, 4.69) is 81.2 Å². The largest absolute Gasteiger partial charge is 0.481 e. The van der Waals surface area contributed by atoms with Gasteiger partial charge in [0.2, 0.25) is 11.8 Å². The minimum atomic E-state index is -0.821. The quantitative estimate of drug-likeness (QED) is 0.0534. The molecule has 0 bridgehead atoms. The first kappa shape index (κ1) is 50.2. The summed E-state index contributed by atoms with van der Waals surface area (Å²) in [6, 6.07) is 3.87. The van der Waals surface area contributed by atoms with Gasteiger partial charge in [-0.1, -0.05) is 153 Å². The van der Waals surface area contributed by atoms with Crippen LogP contribution in [0.25, 0.3) is 0 Å². The second-order valence-corrected chi connectivity index (χ2v) is 15.4. The van der Waals surface area contributed by atoms with Gasteiger partial charge in [-0.3, -0.25) is 9.69 Å². The number of aliphatic carboxylic acids is 1. The van der Waals surface area contributed by atoms with Crippen molar-refractivity contribution in [3.8, 4) is 11.8 Å². The van der Waals surface area contributed by atoms with Gasteiger partial charge in [0.05, 0.1) is 25.2 Å². The molecular formula is C49H84N2O4. The van der Waals surface area contributed by atoms with Crippen molar-refractivity contribution in [2.45, 2.75) is 201 Å². The van der Waals surface area contributed by atoms with Gasteiger partial charge in [0, 0.05) is 12.1 Å². The molecule has 0 radical (unpaired) electrons. The Hall–Kier alpha value is -2.86. The first-order valence-corrected chi connectivity index (χ1v) is 22.8. The van der Waals surface area contributed by atoms with Gasteiger partial charge in [-0.15, -0.1) is 0 Å². The first-order valence-electron chi connectivity index (χ1n) is 22.8. The van der Waals surface area contributed by atoms with Crippen LogP contribution in [0.5, 0.6) is 11.8 Å². The first-order chi connectivity index (χ1) is 26.9. The Morgan fingerprint density at radius 2 is 0.945 bits per heavy atom. The van der Waals surface area contributed by atoms with E-state index in [9.17, 15) is 9.90 Å². The molecule has 314 valence electrons. The van der Waals surface area contributed by atoms with E-state index in [1.807, 2.05) is 19.1 Å². The molecule has 1 aromatic rings. The molecule has 0 aliphatic heterocycles. The zero-order chi connectivity index (χ0) is 40.1. The lowest BCUT2D eigenvalue weighted by atomic mass is 9.87. The average Bonchev–Trinajstić information content (AvgIpc) is 3.17. The molecule has 1 aromatic heterocycles. The Morgan fingerprint density at radius 3 is 1.31 bits per heavy atom. The summed E-state index contributed by atoms with van der Waals surface area (Å²) in [6.45, 7) is 13.4. The third-order valence-corrected chi connectivity index (χ3v) is 10.5. The second kappa shape index (κ2) is 35.5. The van der Waals surface area contributed by atoms with Crippen LogP contribution >= 0.6 is 0 Å². The van der Waals surface area contributed by atoms with E-state index in [0.717, 1.165) is 57.2 Å². The lowest BCUT2D eigenvalue weighted by Crippen LogP contribution is -2.45. The molecular weight excluding hydrogens is 681 g/mol. The van der Waals surface area contributed by atoms with Crippen LogP contribution in [-0.4, -0.2) is 47.3 Å². The van der Waals surface area contributed by atoms with Crippen LogP contribution in [0.4, 0.5) is 0 Å². The Morgan fingerprint density at radius 1 is 0.582 bits per heavy atom. The maximum absolute atomic E-state index is 12.1. The van der Waals surface area contributed by atoms with E-state index < -0.39 is 11.5 Å². The molecule has 0 saturated carbocycles. The topological polar surface area (TPSA) is 71.9 Å². The van der Waals surface area contributed by atoms with Gasteiger partial charge in [-0.25, -0.2) is 0 Å². The zero-order valence-corrected chi connectivity index (χ0v) is 36.3. The predicted octanol–water partition coefficient (Wildman–Crippen LogP) is 14.5. The van der Waals surface area contributed by atoms with Crippen molar-refractivity contribution < 1.29 is 19.4 Å². The molecule has 0 saturated heterocycles. The molecule has 6 heteroatoms. The van der Waals surface area contributed by atoms with Gasteiger partial charge in [0.1, 0.15) is 0 Å². The minimum Gasteiger partial charge on any atom is -0.481 e. The number of carboxylic acids is 1. The number of unbranched alkanes of at least 4 members (excludes halogenated alkanes) is 18. The standard InChI is InChI=1S/C49H84N2O4/c1-6-10-12-14-16-18-20-22-24-26-28-30-32-34-36-38-40-54-46-42-45(49(5,44-48(52)53)51(8-3)9-4)43-47(50-46)55-41-39-37-35-33-31-29-27-25-23-21-19-17-15-13-11-7-2/h16-19,22-25,42-43H,6-15,20-21,26-41,44H2,1-5H3,(H,52,53)/b18-16-,19-17-,24-22-,25-23-. The molecule has 0 aliphatic rings. The third-order valence-electron chi connectivity index (χ3n) is 10.5. The Balaban J connectivity index is 2.51. The number of hydrogen-bond donors (Lipinski definition) is 1. The monoisotopic (exact) mass is 765 g/mol. The number of aromatic nitrogens is 1. The van der Waals surface area contributed by atoms with Gasteiger partial charge >= 0.3 is 5.97 Å². The molecule has 1 heterocycles. The number of pyridine rings is 1. The van der Waals surface area contributed by atoms with Crippen molar-refractivity contribution in [3.63, 3.8) is 0 Å². The fourth-order valence-corrected chi connectivity index (χ4v) is 7.09. The van der Waals surface area contributed by atoms with Crippen LogP contribution in [0, 0.1) is 0 Å². The number of rotatable bonds is 38. The summed E-state index contributed by atoms with van der Waals surface area (Å²) in [5, 5.41) is 9.91. The van der Waals surface area contributed by atoms with Gasteiger partial charge in [0.25, 0.3) is 0 Å². The highest BCUT2D eigenvalue weighted by Crippen LogP contribution is 2.35. The van der Waals surface area contributed by atoms with E-state index >= 15 is 0 Å². The molecule has 0 fully saturated rings. The SMILES string of the molecule is CCCCC/C=C\C/C=C\CCCCCCCCOc1cc(C(C)(CC(=O)O)N(CC)CC)cc(OCCCCCCCC/C=C\C/C=C\CCCCC)n1. The summed E-state index contributed by atoms with van der Waals surface area (Å²) in [7, 11) is 0. The smallest absolute Gasteiger partial charge is 0.305 e. The van der Waals surface area contributed by atoms with Crippen molar-refractivity contribution in [2.75, 3.05) is 26.3 Å². The zero-order valence-electron chi connectivity index (χ0n) is 36.3. The highest BCUT2D eigenvalue weighted by Gasteiger charge is 2.36. The van der Waals surface area contributed by atoms with Crippen molar-refractivity contribution in [1.82, 2.24) is 9.88 Å². The van der Waals surface area contributed by atoms with Gasteiger partial charge in [0.15, 0.2) is 0 Å². The highest BCUT2D eigenvalue weighted by molar-refractivity contribution is 5.69. The minimum absolute atomic E-state index is 0.00446. The fraction of sp³-hybridized carbons (Fsp3) is 0.714. The fourth-order valence-electron chi connectivity index (χ4n) is 7.09. The van der Waals surface area contributed by atoms with Gasteiger partial charge in [-0.05, 0) is 103 Å². The van der Waals surface area contributed by atoms with E-state index in [0.29, 0.717) is 25.0 Å². The Labute approximate surface area is 339 Å². The third kappa shape index (κ3) is 26.6. The number of allylic oxidation sites excluding steroid dienone is 8. The molecule has 1 N–H and O–H groups in total. The highest BCUT2D eigenvalue weighted by atomic mass is 16.5. The summed E-state index contributed by atoms with van der Waals surface area (Å²) < 4.78 is 12.4. The summed E-state index contributed by atoms with van der Waals surface area (Å²) in [5.74, 6) is 0.227. The number of hydrogen-bond acceptors (Lipinski definition) is 5. The van der Waals surface area contributed by atoms with E-state index in [4.69, 9.17) is 14.5 Å². The van der Waals surface area contributed by atoms with Crippen molar-refractivity contribution in [3.05, 3.63) is 66.3 Å². The van der Waals surface area contributed by atoms with Crippen LogP contribution in [0.1, 0.15) is 201 Å². The second-order valence-electron chi connectivity index (χ2n) is 15.4. The molecule has 0 amide bonds. The van der Waals surface area contributed by atoms with Crippen molar-refractivity contribution in [2.24, 2.45) is 0 Å². The predicted molar refractivity (Wildman–Crippen MR) is 236 cm³/mol. The van der Waals surface area contributed by atoms with Crippen molar-refractivity contribution in [1.29, 1.82) is 0 Å². The maximum atomic E-state index is 12.1. The summed E-state index contributed by atoms with van der Waals surface area (Å²) in [6.07, 6.45) is 47.5. The number of ether oxygens (including phenoxy) is 2. The van der Waals surface area contributed by atoms with Crippen LogP contribution in [0.3, 0.4) is 0 Å². The van der Waals surface area contributed by atoms with Crippen LogP contribution in [-0.2, 0) is 10.3 Å². The molecule has 6 nitrogen and oxygen atoms in total. The molecule has 55 heavy (non-hydrogen) atoms. The summed E-state index contributed by atoms with van der Waals surface area (Å²) in [4.78, 5) is 19.0. The average molecular weight is 765 g/mol. The molecule has 0 aromatic carbocycles. The summed E-state index contributed by atoms with van der Waals surface area (Å²) in [5.41, 5.74) is 0.182. The van der Waals surface area contributed by atoms with Gasteiger partial charge in [-0.2, -0.15) is 4.98 Å². The molecule has 1 unspecified atom stereocenters. The van der Waals surface area contributed by atoms with Crippen LogP contribution < -0.4 is 9.47 Å². The van der Waals surface area contributed by atoms with E-state index in [1.54, 1.807) is 0 Å². The number of carboxylic acid groups (broad SMARTS) is 1. The van der Waals surface area contributed by atoms with E-state index in [1.165, 1.54) is 116 Å². The molecule has 0 aliphatic carbocycles. The lowest BCUT2D eigenvalue weighted by molar-refractivity contribution is -0.140. The van der Waals surface area contributed by atoms with Crippen molar-refractivity contribution >= 4 is 5.97 Å². The van der Waals surface area contributed by atoms with Crippen LogP contribution in [0.15, 0.2) is 60.7 Å². The normalized spacial score (nSPS) is 13.3. The van der Waals surface area contributed by atoms with Gasteiger partial charge < -0.3 is 14.6 Å². The molecule has 0 spiro atoms. The number of carbonyl (C=O) groups is 1. The lowest BCUT2D eigenvalue weighted by Gasteiger charge is -2.40. The van der Waals surface area contributed by atoms with Crippen LogP contribution in [0.2, 0.25) is 0 Å². The molecule has 1 atom stereocenters. The Bertz CT molecular complexity index is 1100. The summed E-state index contributed by atoms with van der Waals surface area (Å²) >= 11 is 0. The van der Waals surface area contributed by atoms with E-state index in [-0.39, 0.29) is 6.42 Å². The Kier molecular flexibility index (Phi) is 32.4. The maximum Gasteiger partial charge on any atom is 0.305 e.